The molecule has 1 aliphatic rings. The van der Waals surface area contributed by atoms with Crippen molar-refractivity contribution in [1.29, 1.82) is 0 Å². The number of Topliss-reactive ketones (excluding diaryl/α,β-unsaturated/α-hetero) is 1. The first-order valence-corrected chi connectivity index (χ1v) is 18.0. The third kappa shape index (κ3) is 12.2. The molecule has 2 aromatic carbocycles. The fraction of sp³-hybridized carbons (Fsp3) is 0.590. The van der Waals surface area contributed by atoms with Gasteiger partial charge in [-0.15, -0.1) is 0 Å². The van der Waals surface area contributed by atoms with Crippen LogP contribution in [0.2, 0.25) is 0 Å². The van der Waals surface area contributed by atoms with Crippen LogP contribution in [-0.2, 0) is 27.2 Å². The highest BCUT2D eigenvalue weighted by atomic mass is 16.2. The van der Waals surface area contributed by atoms with Crippen molar-refractivity contribution < 1.29 is 19.2 Å². The lowest BCUT2D eigenvalue weighted by molar-refractivity contribution is -0.136. The molecule has 9 nitrogen and oxygen atoms in total. The van der Waals surface area contributed by atoms with Crippen molar-refractivity contribution in [1.82, 2.24) is 15.5 Å². The van der Waals surface area contributed by atoms with E-state index in [0.717, 1.165) is 36.8 Å². The molecule has 1 aliphatic carbocycles. The van der Waals surface area contributed by atoms with Crippen LogP contribution in [0.1, 0.15) is 98.5 Å². The highest BCUT2D eigenvalue weighted by Crippen LogP contribution is 2.33. The first-order chi connectivity index (χ1) is 23.3. The summed E-state index contributed by atoms with van der Waals surface area (Å²) in [5.41, 5.74) is 13.8. The van der Waals surface area contributed by atoms with Gasteiger partial charge in [0.05, 0.1) is 6.04 Å². The van der Waals surface area contributed by atoms with E-state index in [-0.39, 0.29) is 29.9 Å². The average molecular weight is 661 g/mol. The summed E-state index contributed by atoms with van der Waals surface area (Å²) in [6, 6.07) is 14.8. The van der Waals surface area contributed by atoms with E-state index in [2.05, 4.69) is 16.9 Å². The molecule has 1 saturated carbocycles. The summed E-state index contributed by atoms with van der Waals surface area (Å²) in [6.45, 7) is 1.08. The molecule has 48 heavy (non-hydrogen) atoms. The summed E-state index contributed by atoms with van der Waals surface area (Å²) in [5, 5.41) is 6.02. The predicted octanol–water partition coefficient (Wildman–Crippen LogP) is 4.51. The molecule has 0 aromatic heterocycles. The Bertz CT molecular complexity index is 1270. The van der Waals surface area contributed by atoms with Gasteiger partial charge in [0, 0.05) is 24.9 Å². The molecule has 2 amide bonds. The van der Waals surface area contributed by atoms with E-state index in [0.29, 0.717) is 50.3 Å². The van der Waals surface area contributed by atoms with Gasteiger partial charge in [0.1, 0.15) is 12.1 Å². The van der Waals surface area contributed by atoms with Gasteiger partial charge in [-0.25, -0.2) is 0 Å². The van der Waals surface area contributed by atoms with Crippen LogP contribution in [0.25, 0.3) is 0 Å². The van der Waals surface area contributed by atoms with Crippen LogP contribution in [0.3, 0.4) is 0 Å². The monoisotopic (exact) mass is 660 g/mol. The minimum absolute atomic E-state index is 0.100. The molecule has 0 saturated heterocycles. The van der Waals surface area contributed by atoms with E-state index in [9.17, 15) is 19.2 Å². The van der Waals surface area contributed by atoms with Crippen LogP contribution < -0.4 is 22.1 Å². The number of nitrogens with zero attached hydrogens (tertiary/aromatic N) is 1. The molecule has 263 valence electrons. The van der Waals surface area contributed by atoms with Gasteiger partial charge in [0.15, 0.2) is 5.78 Å². The van der Waals surface area contributed by atoms with Gasteiger partial charge in [-0.3, -0.25) is 19.2 Å². The number of amides is 2. The Morgan fingerprint density at radius 1 is 0.854 bits per heavy atom. The van der Waals surface area contributed by atoms with Crippen molar-refractivity contribution in [2.24, 2.45) is 23.3 Å². The van der Waals surface area contributed by atoms with E-state index >= 15 is 0 Å². The summed E-state index contributed by atoms with van der Waals surface area (Å²) in [5.74, 6) is -0.0995. The number of carbonyl (C=O) groups is 3. The quantitative estimate of drug-likeness (QED) is 0.107. The minimum atomic E-state index is -0.932. The number of nitrogens with two attached hydrogens (primary N) is 2. The summed E-state index contributed by atoms with van der Waals surface area (Å²) in [6.07, 6.45) is 13.9. The summed E-state index contributed by atoms with van der Waals surface area (Å²) in [4.78, 5) is 55.3. The largest absolute Gasteiger partial charge is 0.343 e. The maximum Gasteiger partial charge on any atom is 0.245 e. The van der Waals surface area contributed by atoms with Crippen LogP contribution in [-0.4, -0.2) is 74.1 Å². The second-order valence-electron chi connectivity index (χ2n) is 13.4. The lowest BCUT2D eigenvalue weighted by atomic mass is 9.78. The second-order valence-corrected chi connectivity index (χ2v) is 13.4. The molecule has 1 fully saturated rings. The highest BCUT2D eigenvalue weighted by molar-refractivity contribution is 5.99. The van der Waals surface area contributed by atoms with Gasteiger partial charge >= 0.3 is 0 Å². The Morgan fingerprint density at radius 2 is 1.50 bits per heavy atom. The molecule has 0 bridgehead atoms. The lowest BCUT2D eigenvalue weighted by Gasteiger charge is -2.30. The number of likely N-dealkylation sites (N-methyl/N-ethyl adjacent to an activating group) is 2. The molecule has 0 heterocycles. The molecule has 9 heteroatoms. The Hall–Kier alpha value is -3.40. The van der Waals surface area contributed by atoms with Gasteiger partial charge < -0.3 is 27.0 Å². The SMILES string of the molecule is CN[C@@H](Cc1ccccc1)C(=O)N[C@@H](CCCCN)C(=O)N(C)[C@H]([C]=O)Cc1ccccc1C(=O)C(CCCCN)CC1CCCCC1. The third-order valence-corrected chi connectivity index (χ3v) is 9.88. The number of nitrogens with one attached hydrogen (secondary N) is 2. The molecule has 0 aliphatic heterocycles. The van der Waals surface area contributed by atoms with E-state index in [4.69, 9.17) is 11.5 Å². The molecule has 4 atom stereocenters. The zero-order chi connectivity index (χ0) is 34.7. The number of hydrogen-bond donors (Lipinski definition) is 4. The fourth-order valence-electron chi connectivity index (χ4n) is 6.94. The summed E-state index contributed by atoms with van der Waals surface area (Å²) in [7, 11) is 3.29. The summed E-state index contributed by atoms with van der Waals surface area (Å²) < 4.78 is 0. The van der Waals surface area contributed by atoms with Crippen LogP contribution >= 0.6 is 0 Å². The smallest absolute Gasteiger partial charge is 0.245 e. The third-order valence-electron chi connectivity index (χ3n) is 9.88. The van der Waals surface area contributed by atoms with Crippen LogP contribution in [0.15, 0.2) is 54.6 Å². The Kier molecular flexibility index (Phi) is 17.5. The molecular weight excluding hydrogens is 602 g/mol. The van der Waals surface area contributed by atoms with E-state index in [1.54, 1.807) is 14.1 Å². The van der Waals surface area contributed by atoms with Gasteiger partial charge in [-0.2, -0.15) is 0 Å². The molecule has 1 unspecified atom stereocenters. The van der Waals surface area contributed by atoms with Crippen LogP contribution in [0.5, 0.6) is 0 Å². The van der Waals surface area contributed by atoms with E-state index in [1.165, 1.54) is 37.0 Å². The van der Waals surface area contributed by atoms with Crippen molar-refractivity contribution in [2.75, 3.05) is 27.2 Å². The number of benzene rings is 2. The Morgan fingerprint density at radius 3 is 2.15 bits per heavy atom. The van der Waals surface area contributed by atoms with Gasteiger partial charge in [-0.05, 0) is 82.1 Å². The van der Waals surface area contributed by atoms with Crippen molar-refractivity contribution in [3.05, 3.63) is 71.3 Å². The predicted molar refractivity (Wildman–Crippen MR) is 192 cm³/mol. The fourth-order valence-corrected chi connectivity index (χ4v) is 6.94. The molecule has 2 aromatic rings. The van der Waals surface area contributed by atoms with Gasteiger partial charge in [-0.1, -0.05) is 93.1 Å². The van der Waals surface area contributed by atoms with Crippen LogP contribution in [0, 0.1) is 11.8 Å². The molecule has 0 spiro atoms. The zero-order valence-corrected chi connectivity index (χ0v) is 29.1. The summed E-state index contributed by atoms with van der Waals surface area (Å²) >= 11 is 0. The Balaban J connectivity index is 1.77. The molecule has 3 rings (SSSR count). The van der Waals surface area contributed by atoms with Crippen molar-refractivity contribution in [2.45, 2.75) is 108 Å². The number of unbranched alkanes of at least 4 members (excludes halogenated alkanes) is 2. The first-order valence-electron chi connectivity index (χ1n) is 18.0. The van der Waals surface area contributed by atoms with E-state index in [1.807, 2.05) is 54.6 Å². The topological polar surface area (TPSA) is 148 Å². The normalized spacial score (nSPS) is 16.0. The number of hydrogen-bond acceptors (Lipinski definition) is 7. The van der Waals surface area contributed by atoms with E-state index < -0.39 is 18.1 Å². The maximum atomic E-state index is 14.1. The standard InChI is InChI=1S/C39H58N5O4/c1-42-36(26-30-17-7-4-8-18-30)38(47)43-35(22-12-14-24-41)39(48)44(2)33(28-45)27-31-19-9-10-21-34(31)37(46)32(20-11-13-23-40)25-29-15-5-3-6-16-29/h4,7-10,17-19,21,29,32-33,35-36,42H,3,5-6,11-16,20,22-27,40-41H2,1-2H3,(H,43,47)/t32?,33-,35-,36-/m0/s1. The van der Waals surface area contributed by atoms with Crippen molar-refractivity contribution in [3.8, 4) is 0 Å². The number of ketones is 1. The average Bonchev–Trinajstić information content (AvgIpc) is 3.12. The van der Waals surface area contributed by atoms with Crippen molar-refractivity contribution in [3.63, 3.8) is 0 Å². The zero-order valence-electron chi connectivity index (χ0n) is 29.1. The lowest BCUT2D eigenvalue weighted by Crippen LogP contribution is -2.55. The van der Waals surface area contributed by atoms with Crippen molar-refractivity contribution >= 4 is 23.9 Å². The molecule has 1 radical (unpaired) electrons. The maximum absolute atomic E-state index is 14.1. The number of carbonyl (C=O) groups excluding carboxylic acids is 4. The Labute approximate surface area is 288 Å². The minimum Gasteiger partial charge on any atom is -0.343 e. The first kappa shape index (κ1) is 39.0. The van der Waals surface area contributed by atoms with Gasteiger partial charge in [0.2, 0.25) is 18.1 Å². The van der Waals surface area contributed by atoms with Crippen LogP contribution in [0.4, 0.5) is 0 Å². The molecular formula is C39H58N5O4. The number of rotatable bonds is 22. The highest BCUT2D eigenvalue weighted by Gasteiger charge is 2.32. The molecule has 6 N–H and O–H groups in total. The van der Waals surface area contributed by atoms with Gasteiger partial charge in [0.25, 0.3) is 0 Å². The second kappa shape index (κ2) is 21.5.